The zero-order valence-electron chi connectivity index (χ0n) is 13.4. The number of nitro benzene ring substituents is 1. The summed E-state index contributed by atoms with van der Waals surface area (Å²) < 4.78 is 0. The van der Waals surface area contributed by atoms with E-state index in [-0.39, 0.29) is 17.5 Å². The molecule has 24 heavy (non-hydrogen) atoms. The minimum Gasteiger partial charge on any atom is -0.342 e. The van der Waals surface area contributed by atoms with Gasteiger partial charge in [-0.1, -0.05) is 12.1 Å². The lowest BCUT2D eigenvalue weighted by Crippen LogP contribution is -2.23. The van der Waals surface area contributed by atoms with Crippen molar-refractivity contribution in [1.29, 1.82) is 0 Å². The molecule has 0 aliphatic carbocycles. The monoisotopic (exact) mass is 327 g/mol. The molecular weight excluding hydrogens is 310 g/mol. The Balaban J connectivity index is 2.08. The fourth-order valence-corrected chi connectivity index (χ4v) is 2.07. The lowest BCUT2D eigenvalue weighted by atomic mass is 10.1. The lowest BCUT2D eigenvalue weighted by molar-refractivity contribution is -0.384. The number of hydrogen-bond acceptors (Lipinski definition) is 4. The van der Waals surface area contributed by atoms with E-state index in [2.05, 4.69) is 5.32 Å². The number of benzene rings is 2. The Morgan fingerprint density at radius 3 is 2.42 bits per heavy atom. The molecule has 0 saturated carbocycles. The van der Waals surface area contributed by atoms with E-state index >= 15 is 0 Å². The lowest BCUT2D eigenvalue weighted by Gasteiger charge is -2.15. The average Bonchev–Trinajstić information content (AvgIpc) is 2.55. The fourth-order valence-electron chi connectivity index (χ4n) is 2.07. The van der Waals surface area contributed by atoms with E-state index in [0.717, 1.165) is 5.56 Å². The van der Waals surface area contributed by atoms with Crippen molar-refractivity contribution in [3.63, 3.8) is 0 Å². The third kappa shape index (κ3) is 4.39. The number of amides is 2. The predicted octanol–water partition coefficient (Wildman–Crippen LogP) is 2.83. The first-order valence-corrected chi connectivity index (χ1v) is 7.23. The molecule has 0 saturated heterocycles. The Hall–Kier alpha value is -3.22. The van der Waals surface area contributed by atoms with Crippen LogP contribution >= 0.6 is 0 Å². The Labute approximate surface area is 139 Å². The van der Waals surface area contributed by atoms with Crippen molar-refractivity contribution < 1.29 is 14.5 Å². The topological polar surface area (TPSA) is 92.6 Å². The fraction of sp³-hybridized carbons (Fsp3) is 0.176. The van der Waals surface area contributed by atoms with Gasteiger partial charge in [-0.2, -0.15) is 0 Å². The van der Waals surface area contributed by atoms with Crippen LogP contribution in [-0.4, -0.2) is 28.7 Å². The van der Waals surface area contributed by atoms with Gasteiger partial charge >= 0.3 is 0 Å². The molecule has 0 bridgehead atoms. The van der Waals surface area contributed by atoms with Crippen molar-refractivity contribution in [3.8, 4) is 0 Å². The molecule has 2 amide bonds. The summed E-state index contributed by atoms with van der Waals surface area (Å²) in [7, 11) is 1.70. The Morgan fingerprint density at radius 2 is 1.83 bits per heavy atom. The highest BCUT2D eigenvalue weighted by Crippen LogP contribution is 2.16. The summed E-state index contributed by atoms with van der Waals surface area (Å²) in [5, 5.41) is 13.4. The number of carbonyl (C=O) groups is 2. The normalized spacial score (nSPS) is 10.1. The predicted molar refractivity (Wildman–Crippen MR) is 89.6 cm³/mol. The number of carbonyl (C=O) groups excluding carboxylic acids is 2. The number of anilines is 1. The van der Waals surface area contributed by atoms with E-state index < -0.39 is 4.92 Å². The van der Waals surface area contributed by atoms with Crippen molar-refractivity contribution >= 4 is 23.2 Å². The zero-order valence-corrected chi connectivity index (χ0v) is 13.4. The largest absolute Gasteiger partial charge is 0.342 e. The second kappa shape index (κ2) is 7.36. The number of non-ortho nitro benzene ring substituents is 1. The van der Waals surface area contributed by atoms with Crippen LogP contribution in [0.5, 0.6) is 0 Å². The van der Waals surface area contributed by atoms with E-state index in [4.69, 9.17) is 0 Å². The van der Waals surface area contributed by atoms with Crippen LogP contribution in [0.25, 0.3) is 0 Å². The van der Waals surface area contributed by atoms with Crippen LogP contribution in [0.3, 0.4) is 0 Å². The van der Waals surface area contributed by atoms with Crippen LogP contribution in [0, 0.1) is 10.1 Å². The highest BCUT2D eigenvalue weighted by atomic mass is 16.6. The van der Waals surface area contributed by atoms with Gasteiger partial charge in [-0.25, -0.2) is 0 Å². The molecule has 0 atom stereocenters. The SMILES string of the molecule is CC(=O)N(C)Cc1cccc(NC(=O)c2ccc([N+](=O)[O-])cc2)c1. The number of nitro groups is 1. The van der Waals surface area contributed by atoms with Crippen LogP contribution in [0.15, 0.2) is 48.5 Å². The Kier molecular flexibility index (Phi) is 5.26. The average molecular weight is 327 g/mol. The second-order valence-electron chi connectivity index (χ2n) is 5.33. The summed E-state index contributed by atoms with van der Waals surface area (Å²) >= 11 is 0. The first-order valence-electron chi connectivity index (χ1n) is 7.23. The van der Waals surface area contributed by atoms with Crippen molar-refractivity contribution in [2.45, 2.75) is 13.5 Å². The third-order valence-corrected chi connectivity index (χ3v) is 3.48. The molecule has 1 N–H and O–H groups in total. The van der Waals surface area contributed by atoms with Gasteiger partial charge in [0.1, 0.15) is 0 Å². The standard InChI is InChI=1S/C17H17N3O4/c1-12(21)19(2)11-13-4-3-5-15(10-13)18-17(22)14-6-8-16(9-7-14)20(23)24/h3-10H,11H2,1-2H3,(H,18,22). The molecule has 0 aromatic heterocycles. The van der Waals surface area contributed by atoms with Gasteiger partial charge in [0.15, 0.2) is 0 Å². The first kappa shape index (κ1) is 17.1. The summed E-state index contributed by atoms with van der Waals surface area (Å²) in [5.74, 6) is -0.405. The first-order chi connectivity index (χ1) is 11.4. The minimum atomic E-state index is -0.517. The molecule has 2 aromatic carbocycles. The number of nitrogens with zero attached hydrogens (tertiary/aromatic N) is 2. The van der Waals surface area contributed by atoms with Gasteiger partial charge in [0, 0.05) is 43.9 Å². The van der Waals surface area contributed by atoms with Crippen LogP contribution in [-0.2, 0) is 11.3 Å². The molecule has 7 heteroatoms. The van der Waals surface area contributed by atoms with Crippen LogP contribution in [0.1, 0.15) is 22.8 Å². The minimum absolute atomic E-state index is 0.0460. The van der Waals surface area contributed by atoms with Crippen molar-refractivity contribution in [2.75, 3.05) is 12.4 Å². The summed E-state index contributed by atoms with van der Waals surface area (Å²) in [5.41, 5.74) is 1.73. The third-order valence-electron chi connectivity index (χ3n) is 3.48. The molecule has 124 valence electrons. The summed E-state index contributed by atoms with van der Waals surface area (Å²) in [6.45, 7) is 1.93. The smallest absolute Gasteiger partial charge is 0.269 e. The van der Waals surface area contributed by atoms with Gasteiger partial charge in [-0.05, 0) is 29.8 Å². The van der Waals surface area contributed by atoms with Gasteiger partial charge in [0.05, 0.1) is 4.92 Å². The highest BCUT2D eigenvalue weighted by molar-refractivity contribution is 6.04. The molecule has 0 aliphatic rings. The van der Waals surface area contributed by atoms with Crippen molar-refractivity contribution in [2.24, 2.45) is 0 Å². The van der Waals surface area contributed by atoms with Crippen molar-refractivity contribution in [1.82, 2.24) is 4.90 Å². The number of hydrogen-bond donors (Lipinski definition) is 1. The van der Waals surface area contributed by atoms with Crippen LogP contribution in [0.2, 0.25) is 0 Å². The van der Waals surface area contributed by atoms with Gasteiger partial charge in [-0.3, -0.25) is 19.7 Å². The van der Waals surface area contributed by atoms with Gasteiger partial charge in [0.25, 0.3) is 11.6 Å². The number of rotatable bonds is 5. The summed E-state index contributed by atoms with van der Waals surface area (Å²) in [4.78, 5) is 35.1. The van der Waals surface area contributed by atoms with Gasteiger partial charge in [0.2, 0.25) is 5.91 Å². The quantitative estimate of drug-likeness (QED) is 0.675. The number of nitrogens with one attached hydrogen (secondary N) is 1. The molecule has 0 aliphatic heterocycles. The molecule has 2 rings (SSSR count). The molecule has 0 spiro atoms. The molecule has 0 heterocycles. The van der Waals surface area contributed by atoms with E-state index in [1.807, 2.05) is 6.07 Å². The van der Waals surface area contributed by atoms with E-state index in [9.17, 15) is 19.7 Å². The maximum absolute atomic E-state index is 12.2. The Morgan fingerprint density at radius 1 is 1.17 bits per heavy atom. The molecule has 7 nitrogen and oxygen atoms in total. The maximum atomic E-state index is 12.2. The molecule has 0 unspecified atom stereocenters. The van der Waals surface area contributed by atoms with Crippen LogP contribution < -0.4 is 5.32 Å². The van der Waals surface area contributed by atoms with E-state index in [1.165, 1.54) is 31.2 Å². The summed E-state index contributed by atoms with van der Waals surface area (Å²) in [6.07, 6.45) is 0. The van der Waals surface area contributed by atoms with E-state index in [1.54, 1.807) is 30.1 Å². The molecule has 2 aromatic rings. The van der Waals surface area contributed by atoms with Crippen molar-refractivity contribution in [3.05, 3.63) is 69.8 Å². The summed E-state index contributed by atoms with van der Waals surface area (Å²) in [6, 6.07) is 12.5. The Bertz CT molecular complexity index is 772. The maximum Gasteiger partial charge on any atom is 0.269 e. The molecule has 0 radical (unpaired) electrons. The second-order valence-corrected chi connectivity index (χ2v) is 5.33. The molecular formula is C17H17N3O4. The van der Waals surface area contributed by atoms with E-state index in [0.29, 0.717) is 17.8 Å². The van der Waals surface area contributed by atoms with Gasteiger partial charge < -0.3 is 10.2 Å². The zero-order chi connectivity index (χ0) is 17.7. The highest BCUT2D eigenvalue weighted by Gasteiger charge is 2.10. The van der Waals surface area contributed by atoms with Crippen LogP contribution in [0.4, 0.5) is 11.4 Å². The molecule has 0 fully saturated rings. The van der Waals surface area contributed by atoms with Gasteiger partial charge in [-0.15, -0.1) is 0 Å².